The topological polar surface area (TPSA) is 17.1 Å². The number of allylic oxidation sites excluding steroid dienone is 1. The van der Waals surface area contributed by atoms with E-state index in [2.05, 4.69) is 5.73 Å². The second-order valence-corrected chi connectivity index (χ2v) is 3.14. The highest BCUT2D eigenvalue weighted by atomic mass is 16.1. The van der Waals surface area contributed by atoms with Crippen molar-refractivity contribution >= 4 is 5.78 Å². The van der Waals surface area contributed by atoms with Gasteiger partial charge < -0.3 is 0 Å². The summed E-state index contributed by atoms with van der Waals surface area (Å²) in [5, 5.41) is 0. The number of hydrogen-bond acceptors (Lipinski definition) is 1. The Bertz CT molecular complexity index is 213. The first-order valence-electron chi connectivity index (χ1n) is 3.86. The van der Waals surface area contributed by atoms with Crippen molar-refractivity contribution in [3.05, 3.63) is 16.9 Å². The Labute approximate surface area is 68.8 Å². The number of ketones is 1. The predicted octanol–water partition coefficient (Wildman–Crippen LogP) is 2.72. The number of carbonyl (C=O) groups is 1. The molecule has 0 aliphatic rings. The van der Waals surface area contributed by atoms with Crippen LogP contribution in [-0.2, 0) is 4.79 Å². The smallest absolute Gasteiger partial charge is 0.137 e. The Morgan fingerprint density at radius 1 is 1.18 bits per heavy atom. The van der Waals surface area contributed by atoms with Gasteiger partial charge in [-0.3, -0.25) is 4.79 Å². The summed E-state index contributed by atoms with van der Waals surface area (Å²) >= 11 is 0. The van der Waals surface area contributed by atoms with E-state index in [-0.39, 0.29) is 11.7 Å². The van der Waals surface area contributed by atoms with E-state index in [1.807, 2.05) is 27.7 Å². The summed E-state index contributed by atoms with van der Waals surface area (Å²) in [5.41, 5.74) is 5.28. The Hall–Kier alpha value is -0.810. The number of rotatable bonds is 2. The standard InChI is InChI=1S/C10H16O/c1-7(2)6-8(3)9(4)10(5)11/h9H,1-5H3. The molecule has 0 aromatic heterocycles. The minimum atomic E-state index is 0.0184. The molecule has 11 heavy (non-hydrogen) atoms. The van der Waals surface area contributed by atoms with Crippen molar-refractivity contribution in [1.29, 1.82) is 0 Å². The third-order valence-corrected chi connectivity index (χ3v) is 1.71. The predicted molar refractivity (Wildman–Crippen MR) is 47.4 cm³/mol. The summed E-state index contributed by atoms with van der Waals surface area (Å²) in [4.78, 5) is 10.9. The molecule has 0 heterocycles. The van der Waals surface area contributed by atoms with Crippen molar-refractivity contribution in [2.75, 3.05) is 0 Å². The molecule has 0 fully saturated rings. The molecule has 1 heteroatoms. The van der Waals surface area contributed by atoms with Crippen LogP contribution in [-0.4, -0.2) is 5.78 Å². The van der Waals surface area contributed by atoms with E-state index in [1.165, 1.54) is 0 Å². The highest BCUT2D eigenvalue weighted by Gasteiger charge is 2.07. The van der Waals surface area contributed by atoms with Crippen LogP contribution in [0.2, 0.25) is 0 Å². The van der Waals surface area contributed by atoms with Crippen LogP contribution in [0.25, 0.3) is 0 Å². The zero-order valence-corrected chi connectivity index (χ0v) is 7.99. The fraction of sp³-hybridized carbons (Fsp3) is 0.600. The summed E-state index contributed by atoms with van der Waals surface area (Å²) in [6.07, 6.45) is 0. The van der Waals surface area contributed by atoms with Gasteiger partial charge in [0.15, 0.2) is 0 Å². The van der Waals surface area contributed by atoms with Crippen molar-refractivity contribution in [1.82, 2.24) is 0 Å². The minimum absolute atomic E-state index is 0.0184. The first-order chi connectivity index (χ1) is 4.95. The highest BCUT2D eigenvalue weighted by molar-refractivity contribution is 5.80. The lowest BCUT2D eigenvalue weighted by atomic mass is 9.99. The first-order valence-corrected chi connectivity index (χ1v) is 3.86. The van der Waals surface area contributed by atoms with E-state index in [9.17, 15) is 4.79 Å². The summed E-state index contributed by atoms with van der Waals surface area (Å²) < 4.78 is 0. The number of carbonyl (C=O) groups excluding carboxylic acids is 1. The van der Waals surface area contributed by atoms with Gasteiger partial charge in [-0.05, 0) is 38.8 Å². The molecule has 0 rings (SSSR count). The van der Waals surface area contributed by atoms with Crippen LogP contribution in [0.1, 0.15) is 34.6 Å². The summed E-state index contributed by atoms with van der Waals surface area (Å²) in [7, 11) is 0. The van der Waals surface area contributed by atoms with Crippen molar-refractivity contribution in [3.8, 4) is 0 Å². The third-order valence-electron chi connectivity index (χ3n) is 1.71. The molecule has 0 aromatic carbocycles. The van der Waals surface area contributed by atoms with Gasteiger partial charge in [0.1, 0.15) is 5.78 Å². The summed E-state index contributed by atoms with van der Waals surface area (Å²) in [6.45, 7) is 9.43. The third kappa shape index (κ3) is 3.79. The van der Waals surface area contributed by atoms with E-state index in [0.29, 0.717) is 0 Å². The average Bonchev–Trinajstić information content (AvgIpc) is 1.84. The molecule has 0 aliphatic heterocycles. The molecule has 0 saturated carbocycles. The van der Waals surface area contributed by atoms with Crippen molar-refractivity contribution < 1.29 is 4.79 Å². The van der Waals surface area contributed by atoms with Gasteiger partial charge in [-0.1, -0.05) is 6.92 Å². The number of hydrogen-bond donors (Lipinski definition) is 0. The maximum Gasteiger partial charge on any atom is 0.137 e. The Morgan fingerprint density at radius 2 is 1.64 bits per heavy atom. The van der Waals surface area contributed by atoms with Crippen LogP contribution in [0, 0.1) is 5.92 Å². The van der Waals surface area contributed by atoms with E-state index in [1.54, 1.807) is 6.92 Å². The molecular weight excluding hydrogens is 136 g/mol. The van der Waals surface area contributed by atoms with Gasteiger partial charge in [-0.15, -0.1) is 5.73 Å². The largest absolute Gasteiger partial charge is 0.299 e. The van der Waals surface area contributed by atoms with E-state index >= 15 is 0 Å². The van der Waals surface area contributed by atoms with Crippen molar-refractivity contribution in [3.63, 3.8) is 0 Å². The lowest BCUT2D eigenvalue weighted by molar-refractivity contribution is -0.119. The molecule has 0 amide bonds. The van der Waals surface area contributed by atoms with Crippen LogP contribution < -0.4 is 0 Å². The van der Waals surface area contributed by atoms with E-state index in [4.69, 9.17) is 0 Å². The zero-order valence-electron chi connectivity index (χ0n) is 7.99. The van der Waals surface area contributed by atoms with Crippen LogP contribution in [0.15, 0.2) is 16.9 Å². The van der Waals surface area contributed by atoms with Gasteiger partial charge in [0, 0.05) is 5.92 Å². The maximum atomic E-state index is 10.9. The first kappa shape index (κ1) is 10.2. The molecule has 1 nitrogen and oxygen atoms in total. The summed E-state index contributed by atoms with van der Waals surface area (Å²) in [6, 6.07) is 0. The van der Waals surface area contributed by atoms with E-state index in [0.717, 1.165) is 11.1 Å². The van der Waals surface area contributed by atoms with E-state index < -0.39 is 0 Å². The lowest BCUT2D eigenvalue weighted by Gasteiger charge is -2.04. The summed E-state index contributed by atoms with van der Waals surface area (Å²) in [5.74, 6) is 0.223. The van der Waals surface area contributed by atoms with Crippen molar-refractivity contribution in [2.24, 2.45) is 5.92 Å². The normalized spacial score (nSPS) is 11.7. The Kier molecular flexibility index (Phi) is 3.84. The Balaban J connectivity index is 4.63. The molecule has 0 radical (unpaired) electrons. The average molecular weight is 152 g/mol. The lowest BCUT2D eigenvalue weighted by Crippen LogP contribution is -2.06. The molecule has 0 aromatic rings. The van der Waals surface area contributed by atoms with Gasteiger partial charge in [-0.2, -0.15) is 0 Å². The van der Waals surface area contributed by atoms with Crippen LogP contribution in [0.5, 0.6) is 0 Å². The van der Waals surface area contributed by atoms with Gasteiger partial charge in [0.25, 0.3) is 0 Å². The SMILES string of the molecule is CC(=O)C(C)C(C)=C=C(C)C. The second kappa shape index (κ2) is 4.15. The monoisotopic (exact) mass is 152 g/mol. The molecule has 0 spiro atoms. The molecule has 1 unspecified atom stereocenters. The molecule has 62 valence electrons. The van der Waals surface area contributed by atoms with Gasteiger partial charge >= 0.3 is 0 Å². The van der Waals surface area contributed by atoms with Gasteiger partial charge in [0.05, 0.1) is 0 Å². The van der Waals surface area contributed by atoms with Gasteiger partial charge in [0.2, 0.25) is 0 Å². The van der Waals surface area contributed by atoms with Gasteiger partial charge in [-0.25, -0.2) is 0 Å². The quantitative estimate of drug-likeness (QED) is 0.556. The zero-order chi connectivity index (χ0) is 9.02. The molecular formula is C10H16O. The fourth-order valence-electron chi connectivity index (χ4n) is 0.807. The second-order valence-electron chi connectivity index (χ2n) is 3.14. The van der Waals surface area contributed by atoms with Crippen LogP contribution in [0.4, 0.5) is 0 Å². The minimum Gasteiger partial charge on any atom is -0.299 e. The molecule has 0 N–H and O–H groups in total. The number of Topliss-reactive ketones (excluding diaryl/α,β-unsaturated/α-hetero) is 1. The highest BCUT2D eigenvalue weighted by Crippen LogP contribution is 2.09. The maximum absolute atomic E-state index is 10.9. The Morgan fingerprint density at radius 3 is 1.91 bits per heavy atom. The molecule has 0 bridgehead atoms. The van der Waals surface area contributed by atoms with Crippen molar-refractivity contribution in [2.45, 2.75) is 34.6 Å². The fourth-order valence-corrected chi connectivity index (χ4v) is 0.807. The van der Waals surface area contributed by atoms with Crippen LogP contribution in [0.3, 0.4) is 0 Å². The molecule has 0 aliphatic carbocycles. The van der Waals surface area contributed by atoms with Crippen LogP contribution >= 0.6 is 0 Å². The molecule has 0 saturated heterocycles. The molecule has 1 atom stereocenters.